The summed E-state index contributed by atoms with van der Waals surface area (Å²) >= 11 is 1.44. The van der Waals surface area contributed by atoms with Crippen molar-refractivity contribution in [2.75, 3.05) is 31.1 Å². The summed E-state index contributed by atoms with van der Waals surface area (Å²) in [6, 6.07) is 21.4. The molecule has 0 atom stereocenters. The van der Waals surface area contributed by atoms with Crippen molar-refractivity contribution < 1.29 is 14.0 Å². The average Bonchev–Trinajstić information content (AvgIpc) is 2.95. The lowest BCUT2D eigenvalue weighted by molar-refractivity contribution is -0.114. The number of nitrogens with one attached hydrogen (secondary N) is 1. The Balaban J connectivity index is 1.21. The summed E-state index contributed by atoms with van der Waals surface area (Å²) in [5.41, 5.74) is 3.15. The highest BCUT2D eigenvalue weighted by molar-refractivity contribution is 8.04. The Kier molecular flexibility index (Phi) is 8.79. The van der Waals surface area contributed by atoms with Crippen LogP contribution in [0.15, 0.2) is 82.6 Å². The number of carbonyl (C=O) groups excluding carboxylic acids is 2. The predicted molar refractivity (Wildman–Crippen MR) is 156 cm³/mol. The third-order valence-corrected chi connectivity index (χ3v) is 8.45. The van der Waals surface area contributed by atoms with E-state index in [-0.39, 0.29) is 17.6 Å². The Morgan fingerprint density at radius 3 is 2.49 bits per heavy atom. The van der Waals surface area contributed by atoms with Crippen LogP contribution in [0.2, 0.25) is 0 Å². The highest BCUT2D eigenvalue weighted by atomic mass is 32.2. The van der Waals surface area contributed by atoms with Crippen LogP contribution in [-0.2, 0) is 11.3 Å². The van der Waals surface area contributed by atoms with E-state index in [1.807, 2.05) is 42.5 Å². The van der Waals surface area contributed by atoms with Crippen molar-refractivity contribution in [1.29, 1.82) is 0 Å². The number of hydrogen-bond acceptors (Lipinski definition) is 4. The first-order chi connectivity index (χ1) is 19.0. The smallest absolute Gasteiger partial charge is 0.265 e. The van der Waals surface area contributed by atoms with Gasteiger partial charge < -0.3 is 15.1 Å². The third kappa shape index (κ3) is 6.97. The number of carbonyl (C=O) groups is 2. The standard InChI is InChI=1S/C32H34FN3O2S/c1-23-15-19-35(20-16-23)18-4-17-34-31(37)26-11-7-24(8-12-26)21-30-32(38)36(22-25-9-13-27(33)14-10-25)28-5-2-3-6-29(28)39-30/h2-3,5-14,21,23H,4,15-20,22H2,1H3,(H,34,37). The highest BCUT2D eigenvalue weighted by Crippen LogP contribution is 2.42. The molecule has 1 fully saturated rings. The molecule has 3 aromatic carbocycles. The zero-order valence-electron chi connectivity index (χ0n) is 22.2. The Bertz CT molecular complexity index is 1330. The van der Waals surface area contributed by atoms with Gasteiger partial charge in [-0.25, -0.2) is 4.39 Å². The first kappa shape index (κ1) is 27.2. The van der Waals surface area contributed by atoms with Crippen LogP contribution < -0.4 is 10.2 Å². The Morgan fingerprint density at radius 1 is 1.03 bits per heavy atom. The number of nitrogens with zero attached hydrogens (tertiary/aromatic N) is 2. The second-order valence-electron chi connectivity index (χ2n) is 10.4. The zero-order valence-corrected chi connectivity index (χ0v) is 23.1. The predicted octanol–water partition coefficient (Wildman–Crippen LogP) is 6.36. The molecule has 0 aliphatic carbocycles. The number of fused-ring (bicyclic) bond motifs is 1. The summed E-state index contributed by atoms with van der Waals surface area (Å²) in [5, 5.41) is 3.03. The van der Waals surface area contributed by atoms with Gasteiger partial charge in [-0.2, -0.15) is 0 Å². The molecule has 0 bridgehead atoms. The molecule has 2 heterocycles. The number of amides is 2. The van der Waals surface area contributed by atoms with Gasteiger partial charge in [0.25, 0.3) is 11.8 Å². The fourth-order valence-corrected chi connectivity index (χ4v) is 6.02. The maximum absolute atomic E-state index is 13.5. The summed E-state index contributed by atoms with van der Waals surface area (Å²) in [6.07, 6.45) is 5.33. The molecular weight excluding hydrogens is 509 g/mol. The number of para-hydroxylation sites is 1. The largest absolute Gasteiger partial charge is 0.352 e. The molecule has 202 valence electrons. The van der Waals surface area contributed by atoms with Gasteiger partial charge in [-0.3, -0.25) is 9.59 Å². The molecule has 1 saturated heterocycles. The van der Waals surface area contributed by atoms with E-state index < -0.39 is 0 Å². The molecule has 0 saturated carbocycles. The minimum Gasteiger partial charge on any atom is -0.352 e. The van der Waals surface area contributed by atoms with Crippen LogP contribution in [-0.4, -0.2) is 42.9 Å². The summed E-state index contributed by atoms with van der Waals surface area (Å²) in [4.78, 5) is 32.0. The molecule has 5 nitrogen and oxygen atoms in total. The average molecular weight is 544 g/mol. The van der Waals surface area contributed by atoms with E-state index >= 15 is 0 Å². The first-order valence-electron chi connectivity index (χ1n) is 13.6. The number of benzene rings is 3. The summed E-state index contributed by atoms with van der Waals surface area (Å²) in [7, 11) is 0. The molecule has 2 aliphatic rings. The van der Waals surface area contributed by atoms with Gasteiger partial charge >= 0.3 is 0 Å². The molecule has 5 rings (SSSR count). The van der Waals surface area contributed by atoms with Crippen LogP contribution in [0.25, 0.3) is 6.08 Å². The molecule has 0 radical (unpaired) electrons. The van der Waals surface area contributed by atoms with Crippen molar-refractivity contribution in [1.82, 2.24) is 10.2 Å². The molecule has 2 aliphatic heterocycles. The van der Waals surface area contributed by atoms with Gasteiger partial charge in [-0.15, -0.1) is 0 Å². The molecule has 3 aromatic rings. The van der Waals surface area contributed by atoms with Crippen LogP contribution in [0.1, 0.15) is 47.7 Å². The van der Waals surface area contributed by atoms with E-state index in [2.05, 4.69) is 17.1 Å². The zero-order chi connectivity index (χ0) is 27.2. The van der Waals surface area contributed by atoms with Crippen LogP contribution in [0.4, 0.5) is 10.1 Å². The molecule has 2 amide bonds. The van der Waals surface area contributed by atoms with Crippen molar-refractivity contribution >= 4 is 35.3 Å². The first-order valence-corrected chi connectivity index (χ1v) is 14.4. The Morgan fingerprint density at radius 2 is 1.74 bits per heavy atom. The minimum atomic E-state index is -0.301. The second-order valence-corrected chi connectivity index (χ2v) is 11.4. The monoisotopic (exact) mass is 543 g/mol. The summed E-state index contributed by atoms with van der Waals surface area (Å²) in [5.74, 6) is 0.340. The quantitative estimate of drug-likeness (QED) is 0.265. The number of hydrogen-bond donors (Lipinski definition) is 1. The van der Waals surface area contributed by atoms with Gasteiger partial charge in [0, 0.05) is 17.0 Å². The van der Waals surface area contributed by atoms with Gasteiger partial charge in [-0.05, 0) is 98.4 Å². The third-order valence-electron chi connectivity index (χ3n) is 7.37. The van der Waals surface area contributed by atoms with Gasteiger partial charge in [0.05, 0.1) is 17.1 Å². The Hall–Kier alpha value is -3.42. The molecule has 0 unspecified atom stereocenters. The fraction of sp³-hybridized carbons (Fsp3) is 0.312. The lowest BCUT2D eigenvalue weighted by Crippen LogP contribution is -2.35. The van der Waals surface area contributed by atoms with E-state index in [9.17, 15) is 14.0 Å². The molecule has 0 aromatic heterocycles. The van der Waals surface area contributed by atoms with Crippen LogP contribution in [0, 0.1) is 11.7 Å². The van der Waals surface area contributed by atoms with Crippen LogP contribution in [0.3, 0.4) is 0 Å². The van der Waals surface area contributed by atoms with Crippen molar-refractivity contribution in [3.05, 3.63) is 100 Å². The van der Waals surface area contributed by atoms with Gasteiger partial charge in [-0.1, -0.05) is 55.1 Å². The highest BCUT2D eigenvalue weighted by Gasteiger charge is 2.29. The number of anilines is 1. The maximum Gasteiger partial charge on any atom is 0.265 e. The van der Waals surface area contributed by atoms with E-state index in [1.165, 1.54) is 36.7 Å². The summed E-state index contributed by atoms with van der Waals surface area (Å²) < 4.78 is 13.4. The van der Waals surface area contributed by atoms with Crippen molar-refractivity contribution in [3.63, 3.8) is 0 Å². The number of rotatable bonds is 8. The van der Waals surface area contributed by atoms with Gasteiger partial charge in [0.1, 0.15) is 5.82 Å². The molecule has 39 heavy (non-hydrogen) atoms. The normalized spacial score (nSPS) is 17.3. The van der Waals surface area contributed by atoms with Crippen molar-refractivity contribution in [3.8, 4) is 0 Å². The number of piperidine rings is 1. The molecule has 0 spiro atoms. The van der Waals surface area contributed by atoms with E-state index in [0.29, 0.717) is 23.6 Å². The summed E-state index contributed by atoms with van der Waals surface area (Å²) in [6.45, 7) is 6.65. The van der Waals surface area contributed by atoms with Gasteiger partial charge in [0.15, 0.2) is 0 Å². The topological polar surface area (TPSA) is 52.7 Å². The fourth-order valence-electron chi connectivity index (χ4n) is 4.97. The molecular formula is C32H34FN3O2S. The van der Waals surface area contributed by atoms with Crippen molar-refractivity contribution in [2.24, 2.45) is 5.92 Å². The number of thioether (sulfide) groups is 1. The number of halogens is 1. The van der Waals surface area contributed by atoms with Gasteiger partial charge in [0.2, 0.25) is 0 Å². The van der Waals surface area contributed by atoms with E-state index in [0.717, 1.165) is 53.7 Å². The second kappa shape index (κ2) is 12.6. The molecule has 1 N–H and O–H groups in total. The SMILES string of the molecule is CC1CCN(CCCNC(=O)c2ccc(C=C3Sc4ccccc4N(Cc4ccc(F)cc4)C3=O)cc2)CC1. The van der Waals surface area contributed by atoms with E-state index in [4.69, 9.17) is 0 Å². The minimum absolute atomic E-state index is 0.0796. The Labute approximate surface area is 234 Å². The molecule has 7 heteroatoms. The number of likely N-dealkylation sites (tertiary alicyclic amines) is 1. The van der Waals surface area contributed by atoms with E-state index in [1.54, 1.807) is 29.2 Å². The maximum atomic E-state index is 13.5. The van der Waals surface area contributed by atoms with Crippen LogP contribution >= 0.6 is 11.8 Å². The lowest BCUT2D eigenvalue weighted by atomic mass is 9.99. The van der Waals surface area contributed by atoms with Crippen molar-refractivity contribution in [2.45, 2.75) is 37.6 Å². The lowest BCUT2D eigenvalue weighted by Gasteiger charge is -2.30. The van der Waals surface area contributed by atoms with Crippen LogP contribution in [0.5, 0.6) is 0 Å².